The van der Waals surface area contributed by atoms with Gasteiger partial charge in [0.25, 0.3) is 0 Å². The number of halogens is 2. The highest BCUT2D eigenvalue weighted by Crippen LogP contribution is 2.39. The first kappa shape index (κ1) is 15.3. The Morgan fingerprint density at radius 1 is 1.38 bits per heavy atom. The molecule has 3 rings (SSSR count). The van der Waals surface area contributed by atoms with E-state index < -0.39 is 6.17 Å². The van der Waals surface area contributed by atoms with E-state index in [1.165, 1.54) is 12.8 Å². The highest BCUT2D eigenvalue weighted by Gasteiger charge is 2.40. The number of aryl methyl sites for hydroxylation is 1. The van der Waals surface area contributed by atoms with Crippen LogP contribution in [-0.2, 0) is 0 Å². The van der Waals surface area contributed by atoms with Gasteiger partial charge < -0.3 is 0 Å². The number of likely N-dealkylation sites (tertiary alicyclic amines) is 1. The van der Waals surface area contributed by atoms with Crippen LogP contribution in [-0.4, -0.2) is 40.0 Å². The molecule has 1 saturated heterocycles. The van der Waals surface area contributed by atoms with Crippen LogP contribution in [0.4, 0.5) is 4.39 Å². The standard InChI is InChI=1S/C16H25ClFN3/c1-10(2)12-6-13(7-12)20-5-4-15(14(18)9-20)21-16(17)11(3)8-19-21/h8,10,12-15H,4-7,9H2,1-3H3/t12?,13?,14-,15-/m0/s1. The van der Waals surface area contributed by atoms with E-state index in [4.69, 9.17) is 11.6 Å². The largest absolute Gasteiger partial charge is 0.297 e. The Kier molecular flexibility index (Phi) is 4.28. The summed E-state index contributed by atoms with van der Waals surface area (Å²) in [5.74, 6) is 1.58. The third-order valence-corrected chi connectivity index (χ3v) is 5.84. The van der Waals surface area contributed by atoms with E-state index >= 15 is 0 Å². The van der Waals surface area contributed by atoms with Crippen molar-refractivity contribution in [3.8, 4) is 0 Å². The maximum atomic E-state index is 14.6. The smallest absolute Gasteiger partial charge is 0.135 e. The van der Waals surface area contributed by atoms with Crippen molar-refractivity contribution in [2.24, 2.45) is 11.8 Å². The van der Waals surface area contributed by atoms with Crippen LogP contribution in [0.15, 0.2) is 6.20 Å². The molecule has 0 bridgehead atoms. The molecule has 1 aromatic heterocycles. The highest BCUT2D eigenvalue weighted by atomic mass is 35.5. The summed E-state index contributed by atoms with van der Waals surface area (Å²) < 4.78 is 16.3. The van der Waals surface area contributed by atoms with Gasteiger partial charge in [0, 0.05) is 24.7 Å². The van der Waals surface area contributed by atoms with Crippen LogP contribution in [0, 0.1) is 18.8 Å². The lowest BCUT2D eigenvalue weighted by molar-refractivity contribution is -0.00174. The minimum Gasteiger partial charge on any atom is -0.297 e. The van der Waals surface area contributed by atoms with Crippen molar-refractivity contribution in [2.75, 3.05) is 13.1 Å². The summed E-state index contributed by atoms with van der Waals surface area (Å²) in [6.45, 7) is 7.96. The number of aromatic nitrogens is 2. The van der Waals surface area contributed by atoms with E-state index in [-0.39, 0.29) is 6.04 Å². The summed E-state index contributed by atoms with van der Waals surface area (Å²) in [4.78, 5) is 2.34. The maximum absolute atomic E-state index is 14.6. The second kappa shape index (κ2) is 5.88. The van der Waals surface area contributed by atoms with Crippen molar-refractivity contribution in [1.29, 1.82) is 0 Å². The third-order valence-electron chi connectivity index (χ3n) is 5.36. The van der Waals surface area contributed by atoms with Gasteiger partial charge in [-0.15, -0.1) is 0 Å². The van der Waals surface area contributed by atoms with Crippen molar-refractivity contribution >= 4 is 11.6 Å². The molecule has 0 radical (unpaired) electrons. The molecule has 21 heavy (non-hydrogen) atoms. The Bertz CT molecular complexity index is 496. The molecule has 0 unspecified atom stereocenters. The molecule has 0 spiro atoms. The molecule has 0 N–H and O–H groups in total. The van der Waals surface area contributed by atoms with E-state index in [1.807, 2.05) is 6.92 Å². The zero-order chi connectivity index (χ0) is 15.1. The first-order valence-corrected chi connectivity index (χ1v) is 8.43. The average Bonchev–Trinajstić information content (AvgIpc) is 2.68. The number of piperidine rings is 1. The molecule has 2 heterocycles. The second-order valence-electron chi connectivity index (χ2n) is 7.06. The van der Waals surface area contributed by atoms with E-state index in [0.29, 0.717) is 17.7 Å². The lowest BCUT2D eigenvalue weighted by atomic mass is 9.72. The predicted octanol–water partition coefficient (Wildman–Crippen LogP) is 3.86. The van der Waals surface area contributed by atoms with Gasteiger partial charge in [-0.3, -0.25) is 4.90 Å². The molecule has 1 aliphatic carbocycles. The van der Waals surface area contributed by atoms with Crippen LogP contribution in [0.5, 0.6) is 0 Å². The number of alkyl halides is 1. The number of rotatable bonds is 3. The van der Waals surface area contributed by atoms with Crippen molar-refractivity contribution < 1.29 is 4.39 Å². The molecule has 118 valence electrons. The van der Waals surface area contributed by atoms with Crippen LogP contribution in [0.2, 0.25) is 5.15 Å². The van der Waals surface area contributed by atoms with Gasteiger partial charge in [-0.25, -0.2) is 9.07 Å². The van der Waals surface area contributed by atoms with Gasteiger partial charge in [0.2, 0.25) is 0 Å². The molecule has 2 aliphatic rings. The Morgan fingerprint density at radius 3 is 2.62 bits per heavy atom. The highest BCUT2D eigenvalue weighted by molar-refractivity contribution is 6.30. The summed E-state index contributed by atoms with van der Waals surface area (Å²) in [5, 5.41) is 4.84. The van der Waals surface area contributed by atoms with Gasteiger partial charge in [-0.1, -0.05) is 25.4 Å². The topological polar surface area (TPSA) is 21.1 Å². The van der Waals surface area contributed by atoms with Crippen LogP contribution in [0.3, 0.4) is 0 Å². The van der Waals surface area contributed by atoms with E-state index in [0.717, 1.165) is 30.4 Å². The Balaban J connectivity index is 1.59. The van der Waals surface area contributed by atoms with Crippen LogP contribution >= 0.6 is 11.6 Å². The summed E-state index contributed by atoms with van der Waals surface area (Å²) in [6, 6.07) is 0.384. The molecule has 0 amide bonds. The molecule has 1 aliphatic heterocycles. The molecular weight excluding hydrogens is 289 g/mol. The van der Waals surface area contributed by atoms with Gasteiger partial charge in [-0.05, 0) is 38.0 Å². The van der Waals surface area contributed by atoms with Crippen molar-refractivity contribution in [1.82, 2.24) is 14.7 Å². The molecule has 0 aromatic carbocycles. The van der Waals surface area contributed by atoms with Gasteiger partial charge in [0.15, 0.2) is 0 Å². The SMILES string of the molecule is Cc1cnn([C@H]2CCN(C3CC(C(C)C)C3)C[C@@H]2F)c1Cl. The van der Waals surface area contributed by atoms with Gasteiger partial charge in [-0.2, -0.15) is 5.10 Å². The molecule has 5 heteroatoms. The fourth-order valence-electron chi connectivity index (χ4n) is 3.66. The monoisotopic (exact) mass is 313 g/mol. The van der Waals surface area contributed by atoms with Gasteiger partial charge >= 0.3 is 0 Å². The van der Waals surface area contributed by atoms with Crippen LogP contribution in [0.1, 0.15) is 44.7 Å². The number of hydrogen-bond donors (Lipinski definition) is 0. The minimum atomic E-state index is -0.881. The van der Waals surface area contributed by atoms with Crippen molar-refractivity contribution in [3.05, 3.63) is 16.9 Å². The van der Waals surface area contributed by atoms with Gasteiger partial charge in [0.1, 0.15) is 11.3 Å². The molecule has 3 nitrogen and oxygen atoms in total. The van der Waals surface area contributed by atoms with Crippen molar-refractivity contribution in [3.63, 3.8) is 0 Å². The first-order valence-electron chi connectivity index (χ1n) is 8.05. The maximum Gasteiger partial charge on any atom is 0.135 e. The third kappa shape index (κ3) is 2.85. The van der Waals surface area contributed by atoms with E-state index in [2.05, 4.69) is 23.8 Å². The summed E-state index contributed by atoms with van der Waals surface area (Å²) in [5.41, 5.74) is 0.921. The lowest BCUT2D eigenvalue weighted by Gasteiger charge is -2.48. The van der Waals surface area contributed by atoms with E-state index in [9.17, 15) is 4.39 Å². The Labute approximate surface area is 131 Å². The lowest BCUT2D eigenvalue weighted by Crippen LogP contribution is -2.52. The fourth-order valence-corrected chi connectivity index (χ4v) is 3.88. The quantitative estimate of drug-likeness (QED) is 0.845. The van der Waals surface area contributed by atoms with E-state index in [1.54, 1.807) is 10.9 Å². The van der Waals surface area contributed by atoms with Crippen molar-refractivity contribution in [2.45, 2.75) is 58.3 Å². The minimum absolute atomic E-state index is 0.205. The number of hydrogen-bond acceptors (Lipinski definition) is 2. The molecule has 2 fully saturated rings. The zero-order valence-corrected chi connectivity index (χ0v) is 13.9. The number of nitrogens with zero attached hydrogens (tertiary/aromatic N) is 3. The first-order chi connectivity index (χ1) is 9.97. The molecular formula is C16H25ClFN3. The molecule has 1 aromatic rings. The molecule has 2 atom stereocenters. The van der Waals surface area contributed by atoms with Gasteiger partial charge in [0.05, 0.1) is 12.2 Å². The predicted molar refractivity (Wildman–Crippen MR) is 83.4 cm³/mol. The summed E-state index contributed by atoms with van der Waals surface area (Å²) >= 11 is 6.22. The summed E-state index contributed by atoms with van der Waals surface area (Å²) in [6.07, 6.45) is 4.10. The Hall–Kier alpha value is -0.610. The fraction of sp³-hybridized carbons (Fsp3) is 0.812. The Morgan fingerprint density at radius 2 is 2.10 bits per heavy atom. The van der Waals surface area contributed by atoms with Crippen LogP contribution in [0.25, 0.3) is 0 Å². The second-order valence-corrected chi connectivity index (χ2v) is 7.42. The summed E-state index contributed by atoms with van der Waals surface area (Å²) in [7, 11) is 0. The average molecular weight is 314 g/mol. The zero-order valence-electron chi connectivity index (χ0n) is 13.1. The molecule has 1 saturated carbocycles. The van der Waals surface area contributed by atoms with Crippen LogP contribution < -0.4 is 0 Å². The normalized spacial score (nSPS) is 34.2.